The number of nitrogens with zero attached hydrogens (tertiary/aromatic N) is 2. The predicted octanol–water partition coefficient (Wildman–Crippen LogP) is 5.76. The number of urea groups is 1. The molecule has 0 aliphatic heterocycles. The van der Waals surface area contributed by atoms with E-state index in [1.54, 1.807) is 53.3 Å². The zero-order valence-corrected chi connectivity index (χ0v) is 21.9. The molecule has 0 saturated heterocycles. The maximum absolute atomic E-state index is 13.0. The van der Waals surface area contributed by atoms with Crippen molar-refractivity contribution in [1.29, 1.82) is 0 Å². The largest absolute Gasteiger partial charge is 0.493 e. The zero-order valence-electron chi connectivity index (χ0n) is 21.2. The highest BCUT2D eigenvalue weighted by atomic mass is 35.5. The van der Waals surface area contributed by atoms with Crippen molar-refractivity contribution in [3.8, 4) is 22.9 Å². The number of para-hydroxylation sites is 1. The molecule has 11 heteroatoms. The molecule has 0 bridgehead atoms. The van der Waals surface area contributed by atoms with Gasteiger partial charge in [-0.15, -0.1) is 0 Å². The van der Waals surface area contributed by atoms with Gasteiger partial charge in [0.1, 0.15) is 0 Å². The van der Waals surface area contributed by atoms with Crippen LogP contribution in [0.2, 0.25) is 5.02 Å². The van der Waals surface area contributed by atoms with Gasteiger partial charge in [-0.25, -0.2) is 9.48 Å². The van der Waals surface area contributed by atoms with E-state index in [9.17, 15) is 9.59 Å². The Kier molecular flexibility index (Phi) is 8.03. The highest BCUT2D eigenvalue weighted by molar-refractivity contribution is 6.34. The summed E-state index contributed by atoms with van der Waals surface area (Å²) in [5.41, 5.74) is 3.32. The molecule has 3 aromatic carbocycles. The monoisotopic (exact) mass is 535 g/mol. The van der Waals surface area contributed by atoms with Crippen LogP contribution in [0.5, 0.6) is 17.2 Å². The molecule has 0 atom stereocenters. The Morgan fingerprint density at radius 1 is 0.868 bits per heavy atom. The number of amides is 3. The lowest BCUT2D eigenvalue weighted by Gasteiger charge is -2.14. The van der Waals surface area contributed by atoms with Gasteiger partial charge in [0.15, 0.2) is 11.5 Å². The minimum Gasteiger partial charge on any atom is -0.493 e. The molecule has 1 heterocycles. The first-order valence-electron chi connectivity index (χ1n) is 11.4. The first-order valence-corrected chi connectivity index (χ1v) is 11.8. The second kappa shape index (κ2) is 11.6. The Labute approximate surface area is 224 Å². The number of anilines is 3. The number of halogens is 1. The molecular weight excluding hydrogens is 510 g/mol. The van der Waals surface area contributed by atoms with Crippen LogP contribution < -0.4 is 30.2 Å². The Morgan fingerprint density at radius 3 is 2.24 bits per heavy atom. The zero-order chi connectivity index (χ0) is 27.2. The molecule has 3 N–H and O–H groups in total. The highest BCUT2D eigenvalue weighted by Gasteiger charge is 2.16. The van der Waals surface area contributed by atoms with Crippen LogP contribution in [-0.2, 0) is 0 Å². The third-order valence-electron chi connectivity index (χ3n) is 5.60. The quantitative estimate of drug-likeness (QED) is 0.264. The molecule has 0 aliphatic carbocycles. The summed E-state index contributed by atoms with van der Waals surface area (Å²) in [6.45, 7) is 1.85. The highest BCUT2D eigenvalue weighted by Crippen LogP contribution is 2.40. The van der Waals surface area contributed by atoms with Crippen LogP contribution >= 0.6 is 11.6 Å². The fraction of sp³-hybridized carbons (Fsp3) is 0.148. The van der Waals surface area contributed by atoms with E-state index in [0.717, 1.165) is 5.56 Å². The van der Waals surface area contributed by atoms with Gasteiger partial charge in [0, 0.05) is 23.4 Å². The van der Waals surface area contributed by atoms with Gasteiger partial charge in [-0.2, -0.15) is 5.10 Å². The topological polar surface area (TPSA) is 116 Å². The SMILES string of the molecule is COc1cc(NC(=O)c2cccc(-n3cc(NC(=O)Nc4c(C)cccc4Cl)cn3)c2)cc(OC)c1OC. The van der Waals surface area contributed by atoms with E-state index < -0.39 is 6.03 Å². The molecular formula is C27H26ClN5O5. The lowest BCUT2D eigenvalue weighted by molar-refractivity contribution is 0.102. The number of aromatic nitrogens is 2. The predicted molar refractivity (Wildman–Crippen MR) is 146 cm³/mol. The second-order valence-corrected chi connectivity index (χ2v) is 8.51. The van der Waals surface area contributed by atoms with Crippen molar-refractivity contribution in [2.75, 3.05) is 37.3 Å². The number of hydrogen-bond donors (Lipinski definition) is 3. The van der Waals surface area contributed by atoms with Crippen molar-refractivity contribution >= 4 is 40.6 Å². The molecule has 0 spiro atoms. The first kappa shape index (κ1) is 26.4. The van der Waals surface area contributed by atoms with E-state index in [-0.39, 0.29) is 5.91 Å². The van der Waals surface area contributed by atoms with Gasteiger partial charge in [0.05, 0.1) is 55.8 Å². The number of nitrogens with one attached hydrogen (secondary N) is 3. The number of aryl methyl sites for hydroxylation is 1. The van der Waals surface area contributed by atoms with Crippen LogP contribution in [0.3, 0.4) is 0 Å². The summed E-state index contributed by atoms with van der Waals surface area (Å²) >= 11 is 6.19. The van der Waals surface area contributed by atoms with Crippen molar-refractivity contribution in [2.45, 2.75) is 6.92 Å². The lowest BCUT2D eigenvalue weighted by atomic mass is 10.1. The van der Waals surface area contributed by atoms with Crippen molar-refractivity contribution in [3.63, 3.8) is 0 Å². The van der Waals surface area contributed by atoms with Crippen molar-refractivity contribution in [3.05, 3.63) is 83.1 Å². The number of carbonyl (C=O) groups is 2. The minimum atomic E-state index is -0.459. The number of rotatable bonds is 8. The van der Waals surface area contributed by atoms with Gasteiger partial charge in [0.25, 0.3) is 5.91 Å². The van der Waals surface area contributed by atoms with Crippen LogP contribution in [-0.4, -0.2) is 43.0 Å². The lowest BCUT2D eigenvalue weighted by Crippen LogP contribution is -2.20. The van der Waals surface area contributed by atoms with Gasteiger partial charge >= 0.3 is 6.03 Å². The van der Waals surface area contributed by atoms with E-state index in [4.69, 9.17) is 25.8 Å². The van der Waals surface area contributed by atoms with Crippen LogP contribution in [0.15, 0.2) is 67.0 Å². The first-order chi connectivity index (χ1) is 18.3. The number of carbonyl (C=O) groups excluding carboxylic acids is 2. The molecule has 38 heavy (non-hydrogen) atoms. The molecule has 0 aliphatic rings. The maximum atomic E-state index is 13.0. The van der Waals surface area contributed by atoms with Gasteiger partial charge in [-0.3, -0.25) is 4.79 Å². The van der Waals surface area contributed by atoms with E-state index in [2.05, 4.69) is 21.0 Å². The van der Waals surface area contributed by atoms with E-state index in [1.165, 1.54) is 27.5 Å². The summed E-state index contributed by atoms with van der Waals surface area (Å²) in [5, 5.41) is 13.1. The molecule has 0 fully saturated rings. The Bertz CT molecular complexity index is 1440. The average molecular weight is 536 g/mol. The number of ether oxygens (including phenoxy) is 3. The molecule has 0 saturated carbocycles. The number of benzene rings is 3. The molecule has 4 aromatic rings. The van der Waals surface area contributed by atoms with E-state index >= 15 is 0 Å². The Morgan fingerprint density at radius 2 is 1.58 bits per heavy atom. The molecule has 10 nitrogen and oxygen atoms in total. The third-order valence-corrected chi connectivity index (χ3v) is 5.91. The molecule has 196 valence electrons. The van der Waals surface area contributed by atoms with Crippen LogP contribution in [0.25, 0.3) is 5.69 Å². The van der Waals surface area contributed by atoms with Gasteiger partial charge in [-0.05, 0) is 36.8 Å². The van der Waals surface area contributed by atoms with Crippen LogP contribution in [0.4, 0.5) is 21.9 Å². The van der Waals surface area contributed by atoms with Gasteiger partial charge in [0.2, 0.25) is 5.75 Å². The van der Waals surface area contributed by atoms with Crippen molar-refractivity contribution in [1.82, 2.24) is 9.78 Å². The van der Waals surface area contributed by atoms with Crippen LogP contribution in [0, 0.1) is 6.92 Å². The normalized spacial score (nSPS) is 10.4. The molecule has 3 amide bonds. The summed E-state index contributed by atoms with van der Waals surface area (Å²) in [6.07, 6.45) is 3.14. The minimum absolute atomic E-state index is 0.346. The fourth-order valence-corrected chi connectivity index (χ4v) is 4.01. The summed E-state index contributed by atoms with van der Waals surface area (Å²) in [7, 11) is 4.51. The molecule has 0 unspecified atom stereocenters. The maximum Gasteiger partial charge on any atom is 0.323 e. The van der Waals surface area contributed by atoms with Gasteiger partial charge in [-0.1, -0.05) is 29.8 Å². The molecule has 0 radical (unpaired) electrons. The van der Waals surface area contributed by atoms with Crippen LogP contribution in [0.1, 0.15) is 15.9 Å². The molecule has 4 rings (SSSR count). The smallest absolute Gasteiger partial charge is 0.323 e. The summed E-state index contributed by atoms with van der Waals surface area (Å²) in [4.78, 5) is 25.5. The van der Waals surface area contributed by atoms with E-state index in [0.29, 0.717) is 50.6 Å². The van der Waals surface area contributed by atoms with Crippen molar-refractivity contribution < 1.29 is 23.8 Å². The molecule has 1 aromatic heterocycles. The standard InChI is InChI=1S/C27H26ClN5O5/c1-16-7-5-10-21(28)24(16)32-27(35)31-19-14-29-33(15-19)20-9-6-8-17(11-20)26(34)30-18-12-22(36-2)25(38-4)23(13-18)37-3/h5-15H,1-4H3,(H,30,34)(H2,31,32,35). The Balaban J connectivity index is 1.47. The second-order valence-electron chi connectivity index (χ2n) is 8.10. The Hall–Kier alpha value is -4.70. The third kappa shape index (κ3) is 5.81. The van der Waals surface area contributed by atoms with Gasteiger partial charge < -0.3 is 30.2 Å². The number of hydrogen-bond acceptors (Lipinski definition) is 6. The summed E-state index contributed by atoms with van der Waals surface area (Å²) < 4.78 is 17.6. The van der Waals surface area contributed by atoms with E-state index in [1.807, 2.05) is 19.1 Å². The average Bonchev–Trinajstić information content (AvgIpc) is 3.38. The summed E-state index contributed by atoms with van der Waals surface area (Å²) in [5.74, 6) is 0.914. The van der Waals surface area contributed by atoms with Crippen molar-refractivity contribution in [2.24, 2.45) is 0 Å². The summed E-state index contributed by atoms with van der Waals surface area (Å²) in [6, 6.07) is 15.1. The number of methoxy groups -OCH3 is 3. The fourth-order valence-electron chi connectivity index (χ4n) is 3.74.